The predicted octanol–water partition coefficient (Wildman–Crippen LogP) is 4.18. The summed E-state index contributed by atoms with van der Waals surface area (Å²) in [6, 6.07) is 17.1. The second-order valence-electron chi connectivity index (χ2n) is 4.98. The van der Waals surface area contributed by atoms with Crippen molar-refractivity contribution in [3.8, 4) is 0 Å². The van der Waals surface area contributed by atoms with Crippen molar-refractivity contribution in [2.24, 2.45) is 0 Å². The first-order valence-corrected chi connectivity index (χ1v) is 8.72. The van der Waals surface area contributed by atoms with Crippen LogP contribution in [-0.4, -0.2) is 27.6 Å². The molecule has 2 aromatic rings. The first-order chi connectivity index (χ1) is 11.1. The van der Waals surface area contributed by atoms with Crippen molar-refractivity contribution in [3.63, 3.8) is 0 Å². The van der Waals surface area contributed by atoms with E-state index >= 15 is 0 Å². The molecule has 0 bridgehead atoms. The average Bonchev–Trinajstić information content (AvgIpc) is 2.62. The van der Waals surface area contributed by atoms with E-state index in [1.54, 1.807) is 6.07 Å². The first kappa shape index (κ1) is 17.4. The largest absolute Gasteiger partial charge is 0.345 e. The summed E-state index contributed by atoms with van der Waals surface area (Å²) in [4.78, 5) is 13.5. The highest BCUT2D eigenvalue weighted by Gasteiger charge is 2.35. The van der Waals surface area contributed by atoms with Crippen LogP contribution in [-0.2, 0) is 18.4 Å². The normalized spacial score (nSPS) is 12.7. The van der Waals surface area contributed by atoms with Gasteiger partial charge < -0.3 is 18.7 Å². The van der Waals surface area contributed by atoms with Crippen molar-refractivity contribution >= 4 is 25.3 Å². The van der Waals surface area contributed by atoms with E-state index in [9.17, 15) is 9.36 Å². The maximum Gasteiger partial charge on any atom is 0.344 e. The molecular weight excluding hydrogens is 313 g/mol. The summed E-state index contributed by atoms with van der Waals surface area (Å²) >= 11 is 0. The van der Waals surface area contributed by atoms with Crippen LogP contribution in [0.25, 0.3) is 0 Å². The van der Waals surface area contributed by atoms with Crippen LogP contribution >= 0.6 is 7.60 Å². The lowest BCUT2D eigenvalue weighted by molar-refractivity contribution is -0.107. The van der Waals surface area contributed by atoms with Crippen molar-refractivity contribution in [1.29, 1.82) is 0 Å². The van der Waals surface area contributed by atoms with Crippen molar-refractivity contribution in [2.45, 2.75) is 5.66 Å². The van der Waals surface area contributed by atoms with Crippen LogP contribution in [0.15, 0.2) is 54.6 Å². The number of rotatable bonds is 7. The predicted molar refractivity (Wildman–Crippen MR) is 91.4 cm³/mol. The molecule has 0 saturated carbocycles. The highest BCUT2D eigenvalue weighted by atomic mass is 31.2. The summed E-state index contributed by atoms with van der Waals surface area (Å²) in [5.41, 5.74) is 1.52. The Hall–Kier alpha value is -1.94. The molecule has 2 aromatic carbocycles. The number of anilines is 2. The molecule has 0 radical (unpaired) electrons. The maximum absolute atomic E-state index is 12.5. The molecule has 0 fully saturated rings. The van der Waals surface area contributed by atoms with Crippen molar-refractivity contribution in [1.82, 2.24) is 0 Å². The van der Waals surface area contributed by atoms with Gasteiger partial charge in [-0.15, -0.1) is 0 Å². The molecule has 5 nitrogen and oxygen atoms in total. The van der Waals surface area contributed by atoms with Gasteiger partial charge in [0, 0.05) is 32.6 Å². The minimum atomic E-state index is -3.52. The third-order valence-corrected chi connectivity index (χ3v) is 5.84. The summed E-state index contributed by atoms with van der Waals surface area (Å²) < 4.78 is 22.5. The Labute approximate surface area is 136 Å². The molecule has 0 aliphatic carbocycles. The smallest absolute Gasteiger partial charge is 0.344 e. The van der Waals surface area contributed by atoms with Crippen LogP contribution in [0.3, 0.4) is 0 Å². The van der Waals surface area contributed by atoms with E-state index in [1.807, 2.05) is 60.5 Å². The van der Waals surface area contributed by atoms with E-state index in [1.165, 1.54) is 14.2 Å². The molecule has 2 rings (SSSR count). The van der Waals surface area contributed by atoms with Crippen LogP contribution in [0, 0.1) is 0 Å². The van der Waals surface area contributed by atoms with Gasteiger partial charge >= 0.3 is 7.60 Å². The third kappa shape index (κ3) is 3.70. The lowest BCUT2D eigenvalue weighted by Gasteiger charge is -2.23. The number of hydrogen-bond acceptors (Lipinski definition) is 5. The molecule has 0 heterocycles. The standard InChI is InChI=1S/C17H20NO4P/c1-18(15-9-5-4-6-10-15)16-11-7-8-14(12-16)17(13-19)23(20,21-2)22-3/h4-13,17H,1-3H3. The molecule has 0 aliphatic heterocycles. The van der Waals surface area contributed by atoms with Crippen LogP contribution in [0.2, 0.25) is 0 Å². The first-order valence-electron chi connectivity index (χ1n) is 7.11. The van der Waals surface area contributed by atoms with Crippen LogP contribution in [0.1, 0.15) is 11.2 Å². The zero-order chi connectivity index (χ0) is 16.9. The average molecular weight is 333 g/mol. The molecule has 6 heteroatoms. The number of nitrogens with zero attached hydrogens (tertiary/aromatic N) is 1. The SMILES string of the molecule is COP(=O)(OC)C(C=O)c1cccc(N(C)c2ccccc2)c1. The fourth-order valence-corrected chi connectivity index (χ4v) is 3.63. The van der Waals surface area contributed by atoms with E-state index in [4.69, 9.17) is 9.05 Å². The Balaban J connectivity index is 2.39. The number of aldehydes is 1. The second kappa shape index (κ2) is 7.55. The number of carbonyl (C=O) groups excluding carboxylic acids is 1. The summed E-state index contributed by atoms with van der Waals surface area (Å²) in [5, 5.41) is 0. The van der Waals surface area contributed by atoms with Gasteiger partial charge in [0.2, 0.25) is 0 Å². The monoisotopic (exact) mass is 333 g/mol. The molecule has 0 aliphatic rings. The lowest BCUT2D eigenvalue weighted by Crippen LogP contribution is -2.11. The van der Waals surface area contributed by atoms with Gasteiger partial charge in [0.15, 0.2) is 0 Å². The molecular formula is C17H20NO4P. The van der Waals surface area contributed by atoms with Gasteiger partial charge in [0.1, 0.15) is 11.9 Å². The molecule has 1 unspecified atom stereocenters. The molecule has 0 N–H and O–H groups in total. The zero-order valence-electron chi connectivity index (χ0n) is 13.4. The number of carbonyl (C=O) groups is 1. The molecule has 0 amide bonds. The third-order valence-electron chi connectivity index (χ3n) is 3.72. The van der Waals surface area contributed by atoms with Gasteiger partial charge in [-0.3, -0.25) is 4.57 Å². The quantitative estimate of drug-likeness (QED) is 0.562. The van der Waals surface area contributed by atoms with Gasteiger partial charge in [-0.25, -0.2) is 0 Å². The van der Waals surface area contributed by atoms with Gasteiger partial charge in [-0.05, 0) is 29.8 Å². The zero-order valence-corrected chi connectivity index (χ0v) is 14.3. The lowest BCUT2D eigenvalue weighted by atomic mass is 10.1. The van der Waals surface area contributed by atoms with E-state index < -0.39 is 13.3 Å². The number of para-hydroxylation sites is 1. The van der Waals surface area contributed by atoms with Gasteiger partial charge in [-0.2, -0.15) is 0 Å². The summed E-state index contributed by atoms with van der Waals surface area (Å²) in [6.45, 7) is 0. The Kier molecular flexibility index (Phi) is 5.72. The summed E-state index contributed by atoms with van der Waals surface area (Å²) in [5.74, 6) is 0. The molecule has 122 valence electrons. The number of benzene rings is 2. The summed E-state index contributed by atoms with van der Waals surface area (Å²) in [7, 11) is 0.962. The van der Waals surface area contributed by atoms with E-state index in [-0.39, 0.29) is 0 Å². The number of hydrogen-bond donors (Lipinski definition) is 0. The fourth-order valence-electron chi connectivity index (χ4n) is 2.36. The molecule has 23 heavy (non-hydrogen) atoms. The van der Waals surface area contributed by atoms with E-state index in [0.717, 1.165) is 11.4 Å². The van der Waals surface area contributed by atoms with Crippen LogP contribution < -0.4 is 4.90 Å². The molecule has 0 aromatic heterocycles. The Morgan fingerprint density at radius 1 is 1.00 bits per heavy atom. The van der Waals surface area contributed by atoms with Gasteiger partial charge in [0.05, 0.1) is 0 Å². The Bertz CT molecular complexity index is 697. The maximum atomic E-state index is 12.5. The van der Waals surface area contributed by atoms with Gasteiger partial charge in [0.25, 0.3) is 0 Å². The van der Waals surface area contributed by atoms with E-state index in [2.05, 4.69) is 0 Å². The second-order valence-corrected chi connectivity index (χ2v) is 7.34. The minimum absolute atomic E-state index is 0.590. The summed E-state index contributed by atoms with van der Waals surface area (Å²) in [6.07, 6.45) is 0.607. The van der Waals surface area contributed by atoms with Crippen molar-refractivity contribution < 1.29 is 18.4 Å². The molecule has 1 atom stereocenters. The minimum Gasteiger partial charge on any atom is -0.345 e. The van der Waals surface area contributed by atoms with E-state index in [0.29, 0.717) is 11.8 Å². The van der Waals surface area contributed by atoms with Crippen LogP contribution in [0.4, 0.5) is 11.4 Å². The van der Waals surface area contributed by atoms with Crippen molar-refractivity contribution in [2.75, 3.05) is 26.2 Å². The molecule has 0 saturated heterocycles. The highest BCUT2D eigenvalue weighted by Crippen LogP contribution is 2.59. The Morgan fingerprint density at radius 3 is 2.17 bits per heavy atom. The topological polar surface area (TPSA) is 55.8 Å². The molecule has 0 spiro atoms. The fraction of sp³-hybridized carbons (Fsp3) is 0.235. The van der Waals surface area contributed by atoms with Gasteiger partial charge in [-0.1, -0.05) is 30.3 Å². The van der Waals surface area contributed by atoms with Crippen molar-refractivity contribution in [3.05, 3.63) is 60.2 Å². The van der Waals surface area contributed by atoms with Crippen LogP contribution in [0.5, 0.6) is 0 Å². The highest BCUT2D eigenvalue weighted by molar-refractivity contribution is 7.55. The Morgan fingerprint density at radius 2 is 1.61 bits per heavy atom.